The van der Waals surface area contributed by atoms with E-state index in [1.54, 1.807) is 24.5 Å². The van der Waals surface area contributed by atoms with Crippen LogP contribution in [0, 0.1) is 0 Å². The van der Waals surface area contributed by atoms with Crippen LogP contribution < -0.4 is 11.1 Å². The van der Waals surface area contributed by atoms with E-state index in [0.717, 1.165) is 30.2 Å². The molecule has 1 fully saturated rings. The fraction of sp³-hybridized carbons (Fsp3) is 0.333. The van der Waals surface area contributed by atoms with E-state index >= 15 is 0 Å². The number of fused-ring (bicyclic) bond motifs is 1. The fourth-order valence-electron chi connectivity index (χ4n) is 3.86. The summed E-state index contributed by atoms with van der Waals surface area (Å²) in [6.45, 7) is 3.36. The van der Waals surface area contributed by atoms with E-state index in [-0.39, 0.29) is 23.7 Å². The number of phenolic OH excluding ortho intramolecular Hbond substituents is 1. The highest BCUT2D eigenvalue weighted by molar-refractivity contribution is 6.30. The number of hydrogen-bond donors (Lipinski definition) is 3. The normalized spacial score (nSPS) is 18.3. The maximum Gasteiger partial charge on any atom is 0.234 e. The van der Waals surface area contributed by atoms with Crippen molar-refractivity contribution in [1.29, 1.82) is 0 Å². The molecule has 3 aromatic rings. The molecule has 1 saturated heterocycles. The fourth-order valence-corrected chi connectivity index (χ4v) is 4.02. The molecule has 2 atom stereocenters. The first kappa shape index (κ1) is 20.3. The zero-order valence-electron chi connectivity index (χ0n) is 16.5. The van der Waals surface area contributed by atoms with Crippen LogP contribution in [0.1, 0.15) is 19.8 Å². The van der Waals surface area contributed by atoms with Crippen LogP contribution in [0.4, 0.5) is 5.82 Å². The molecule has 2 aromatic heterocycles. The molecule has 0 spiro atoms. The molecule has 1 amide bonds. The second kappa shape index (κ2) is 8.41. The van der Waals surface area contributed by atoms with Crippen molar-refractivity contribution in [2.24, 2.45) is 5.73 Å². The molecule has 0 bridgehead atoms. The zero-order chi connectivity index (χ0) is 21.3. The second-order valence-corrected chi connectivity index (χ2v) is 7.97. The number of rotatable bonds is 5. The molecule has 3 heterocycles. The van der Waals surface area contributed by atoms with Gasteiger partial charge in [0.25, 0.3) is 0 Å². The number of amides is 1. The summed E-state index contributed by atoms with van der Waals surface area (Å²) in [6.07, 6.45) is 5.32. The maximum atomic E-state index is 11.6. The third-order valence-corrected chi connectivity index (χ3v) is 5.78. The number of carbonyl (C=O) groups is 1. The Kier molecular flexibility index (Phi) is 5.69. The van der Waals surface area contributed by atoms with Crippen LogP contribution in [-0.2, 0) is 4.79 Å². The van der Waals surface area contributed by atoms with Gasteiger partial charge in [-0.25, -0.2) is 0 Å². The predicted octanol–water partition coefficient (Wildman–Crippen LogP) is 2.80. The van der Waals surface area contributed by atoms with Crippen LogP contribution in [-0.4, -0.2) is 56.3 Å². The van der Waals surface area contributed by atoms with Crippen LogP contribution >= 0.6 is 11.6 Å². The van der Waals surface area contributed by atoms with E-state index in [2.05, 4.69) is 25.4 Å². The van der Waals surface area contributed by atoms with Crippen LogP contribution in [0.15, 0.2) is 36.7 Å². The number of phenols is 1. The standard InChI is InChI=1S/C21H23ClN6O2/c1-12(20(23)30)28-8-2-3-14(11-28)25-21-17-10-24-7-6-15(17)19(26-27-21)16-5-4-13(22)9-18(16)29/h4-7,9-10,12,14,29H,2-3,8,11H2,1H3,(H2,23,30)(H,25,27)/t12-,14-/m1/s1. The molecule has 4 N–H and O–H groups in total. The Labute approximate surface area is 179 Å². The Morgan fingerprint density at radius 3 is 2.93 bits per heavy atom. The van der Waals surface area contributed by atoms with Gasteiger partial charge in [-0.2, -0.15) is 0 Å². The molecule has 0 unspecified atom stereocenters. The minimum Gasteiger partial charge on any atom is -0.507 e. The van der Waals surface area contributed by atoms with Crippen molar-refractivity contribution >= 4 is 34.1 Å². The average Bonchev–Trinajstić information content (AvgIpc) is 2.74. The SMILES string of the molecule is C[C@H](C(N)=O)N1CCC[C@@H](Nc2nnc(-c3ccc(Cl)cc3O)c3ccncc23)C1. The quantitative estimate of drug-likeness (QED) is 0.574. The smallest absolute Gasteiger partial charge is 0.234 e. The van der Waals surface area contributed by atoms with Crippen molar-refractivity contribution in [2.75, 3.05) is 18.4 Å². The number of piperidine rings is 1. The molecule has 1 aliphatic rings. The van der Waals surface area contributed by atoms with E-state index in [1.807, 2.05) is 13.0 Å². The highest BCUT2D eigenvalue weighted by Crippen LogP contribution is 2.35. The summed E-state index contributed by atoms with van der Waals surface area (Å²) in [7, 11) is 0. The van der Waals surface area contributed by atoms with Crippen molar-refractivity contribution in [3.8, 4) is 17.0 Å². The summed E-state index contributed by atoms with van der Waals surface area (Å²) in [4.78, 5) is 17.9. The first-order valence-electron chi connectivity index (χ1n) is 9.83. The molecule has 4 rings (SSSR count). The number of halogens is 1. The summed E-state index contributed by atoms with van der Waals surface area (Å²) in [5, 5.41) is 24.6. The van der Waals surface area contributed by atoms with Crippen LogP contribution in [0.3, 0.4) is 0 Å². The Morgan fingerprint density at radius 1 is 1.33 bits per heavy atom. The Bertz CT molecular complexity index is 1090. The van der Waals surface area contributed by atoms with Crippen LogP contribution in [0.2, 0.25) is 5.02 Å². The number of primary amides is 1. The summed E-state index contributed by atoms with van der Waals surface area (Å²) in [5.74, 6) is 0.338. The third kappa shape index (κ3) is 4.01. The van der Waals surface area contributed by atoms with Gasteiger partial charge < -0.3 is 16.2 Å². The van der Waals surface area contributed by atoms with Crippen molar-refractivity contribution in [3.05, 3.63) is 41.7 Å². The number of aromatic nitrogens is 3. The molecule has 0 aliphatic carbocycles. The van der Waals surface area contributed by atoms with Gasteiger partial charge in [0.15, 0.2) is 5.82 Å². The van der Waals surface area contributed by atoms with Gasteiger partial charge in [-0.05, 0) is 50.6 Å². The lowest BCUT2D eigenvalue weighted by Crippen LogP contribution is -2.50. The van der Waals surface area contributed by atoms with E-state index in [0.29, 0.717) is 28.6 Å². The average molecular weight is 427 g/mol. The molecular weight excluding hydrogens is 404 g/mol. The number of nitrogens with zero attached hydrogens (tertiary/aromatic N) is 4. The van der Waals surface area contributed by atoms with Crippen LogP contribution in [0.25, 0.3) is 22.0 Å². The molecule has 1 aliphatic heterocycles. The largest absolute Gasteiger partial charge is 0.507 e. The van der Waals surface area contributed by atoms with Gasteiger partial charge in [0.1, 0.15) is 11.4 Å². The van der Waals surface area contributed by atoms with E-state index < -0.39 is 0 Å². The molecule has 156 valence electrons. The van der Waals surface area contributed by atoms with Gasteiger partial charge in [-0.1, -0.05) is 11.6 Å². The minimum atomic E-state index is -0.322. The molecule has 30 heavy (non-hydrogen) atoms. The third-order valence-electron chi connectivity index (χ3n) is 5.55. The van der Waals surface area contributed by atoms with Gasteiger partial charge in [0, 0.05) is 46.3 Å². The number of likely N-dealkylation sites (tertiary alicyclic amines) is 1. The van der Waals surface area contributed by atoms with Gasteiger partial charge >= 0.3 is 0 Å². The van der Waals surface area contributed by atoms with E-state index in [1.165, 1.54) is 6.07 Å². The predicted molar refractivity (Wildman–Crippen MR) is 116 cm³/mol. The number of nitrogens with one attached hydrogen (secondary N) is 1. The highest BCUT2D eigenvalue weighted by atomic mass is 35.5. The van der Waals surface area contributed by atoms with Crippen LogP contribution in [0.5, 0.6) is 5.75 Å². The van der Waals surface area contributed by atoms with Gasteiger partial charge in [-0.15, -0.1) is 10.2 Å². The van der Waals surface area contributed by atoms with Crippen molar-refractivity contribution < 1.29 is 9.90 Å². The minimum absolute atomic E-state index is 0.0407. The molecule has 0 radical (unpaired) electrons. The number of nitrogens with two attached hydrogens (primary N) is 1. The topological polar surface area (TPSA) is 117 Å². The first-order valence-corrected chi connectivity index (χ1v) is 10.2. The Hall–Kier alpha value is -2.97. The summed E-state index contributed by atoms with van der Waals surface area (Å²) in [5.41, 5.74) is 6.58. The monoisotopic (exact) mass is 426 g/mol. The number of carbonyl (C=O) groups excluding carboxylic acids is 1. The first-order chi connectivity index (χ1) is 14.4. The second-order valence-electron chi connectivity index (χ2n) is 7.54. The Balaban J connectivity index is 1.66. The summed E-state index contributed by atoms with van der Waals surface area (Å²) < 4.78 is 0. The number of benzene rings is 1. The molecule has 8 nitrogen and oxygen atoms in total. The van der Waals surface area contributed by atoms with Gasteiger partial charge in [0.05, 0.1) is 6.04 Å². The van der Waals surface area contributed by atoms with Gasteiger partial charge in [-0.3, -0.25) is 14.7 Å². The maximum absolute atomic E-state index is 11.6. The molecule has 1 aromatic carbocycles. The molecular formula is C21H23ClN6O2. The number of pyridine rings is 1. The number of anilines is 1. The lowest BCUT2D eigenvalue weighted by molar-refractivity contribution is -0.123. The lowest BCUT2D eigenvalue weighted by atomic mass is 10.0. The van der Waals surface area contributed by atoms with E-state index in [9.17, 15) is 9.90 Å². The van der Waals surface area contributed by atoms with Crippen molar-refractivity contribution in [1.82, 2.24) is 20.1 Å². The molecule has 0 saturated carbocycles. The molecule has 9 heteroatoms. The summed E-state index contributed by atoms with van der Waals surface area (Å²) in [6, 6.07) is 6.55. The Morgan fingerprint density at radius 2 is 2.17 bits per heavy atom. The van der Waals surface area contributed by atoms with Crippen molar-refractivity contribution in [3.63, 3.8) is 0 Å². The number of aromatic hydroxyl groups is 1. The highest BCUT2D eigenvalue weighted by Gasteiger charge is 2.27. The van der Waals surface area contributed by atoms with Crippen molar-refractivity contribution in [2.45, 2.75) is 31.8 Å². The van der Waals surface area contributed by atoms with Gasteiger partial charge in [0.2, 0.25) is 5.91 Å². The summed E-state index contributed by atoms with van der Waals surface area (Å²) >= 11 is 5.96. The zero-order valence-corrected chi connectivity index (χ0v) is 17.3. The lowest BCUT2D eigenvalue weighted by Gasteiger charge is -2.36. The van der Waals surface area contributed by atoms with E-state index in [4.69, 9.17) is 17.3 Å². The number of hydrogen-bond acceptors (Lipinski definition) is 7.